The lowest BCUT2D eigenvalue weighted by atomic mass is 9.97. The molecule has 2 rings (SSSR count). The van der Waals surface area contributed by atoms with Gasteiger partial charge < -0.3 is 14.3 Å². The predicted molar refractivity (Wildman–Crippen MR) is 81.8 cm³/mol. The van der Waals surface area contributed by atoms with Gasteiger partial charge in [0.15, 0.2) is 11.6 Å². The maximum Gasteiger partial charge on any atom is 0.273 e. The molecular formula is C16H23N3O3. The van der Waals surface area contributed by atoms with E-state index in [-0.39, 0.29) is 11.3 Å². The van der Waals surface area contributed by atoms with E-state index in [1.165, 1.54) is 0 Å². The number of aromatic nitrogens is 2. The topological polar surface area (TPSA) is 81.2 Å². The van der Waals surface area contributed by atoms with E-state index in [4.69, 9.17) is 8.94 Å². The van der Waals surface area contributed by atoms with Crippen LogP contribution in [0.3, 0.4) is 0 Å². The monoisotopic (exact) mass is 305 g/mol. The standard InChI is InChI=1S/C16H23N3O3/c1-10-9-12(19-22-10)14(20)17-8-6-7-13-11(2)18-15(21-13)16(3,4)5/h9H,6-8H2,1-5H3,(H,17,20). The van der Waals surface area contributed by atoms with E-state index in [0.29, 0.717) is 18.0 Å². The van der Waals surface area contributed by atoms with Crippen LogP contribution in [-0.2, 0) is 11.8 Å². The molecule has 2 aromatic rings. The summed E-state index contributed by atoms with van der Waals surface area (Å²) in [5, 5.41) is 6.50. The molecule has 0 unspecified atom stereocenters. The van der Waals surface area contributed by atoms with Crippen LogP contribution < -0.4 is 5.32 Å². The van der Waals surface area contributed by atoms with Crippen LogP contribution in [0.4, 0.5) is 0 Å². The summed E-state index contributed by atoms with van der Waals surface area (Å²) in [6.07, 6.45) is 1.52. The van der Waals surface area contributed by atoms with Gasteiger partial charge in [-0.1, -0.05) is 25.9 Å². The first kappa shape index (κ1) is 16.3. The Kier molecular flexibility index (Phi) is 4.68. The molecule has 2 aromatic heterocycles. The maximum atomic E-state index is 11.8. The molecule has 2 heterocycles. The summed E-state index contributed by atoms with van der Waals surface area (Å²) in [5.74, 6) is 2.04. The molecule has 0 radical (unpaired) electrons. The Morgan fingerprint density at radius 3 is 2.59 bits per heavy atom. The second-order valence-electron chi connectivity index (χ2n) is 6.46. The first-order chi connectivity index (χ1) is 10.3. The van der Waals surface area contributed by atoms with Crippen LogP contribution in [0.25, 0.3) is 0 Å². The summed E-state index contributed by atoms with van der Waals surface area (Å²) in [6, 6.07) is 1.62. The van der Waals surface area contributed by atoms with Crippen LogP contribution in [0.15, 0.2) is 15.0 Å². The van der Waals surface area contributed by atoms with Crippen molar-refractivity contribution in [2.75, 3.05) is 6.54 Å². The average molecular weight is 305 g/mol. The molecule has 1 N–H and O–H groups in total. The summed E-state index contributed by atoms with van der Waals surface area (Å²) in [5.41, 5.74) is 1.13. The zero-order valence-electron chi connectivity index (χ0n) is 13.8. The Balaban J connectivity index is 1.82. The Labute approximate surface area is 130 Å². The molecule has 0 aliphatic heterocycles. The lowest BCUT2D eigenvalue weighted by molar-refractivity contribution is 0.0944. The summed E-state index contributed by atoms with van der Waals surface area (Å²) >= 11 is 0. The number of carbonyl (C=O) groups excluding carboxylic acids is 1. The van der Waals surface area contributed by atoms with Crippen molar-refractivity contribution in [2.24, 2.45) is 0 Å². The fourth-order valence-electron chi connectivity index (χ4n) is 2.00. The van der Waals surface area contributed by atoms with Crippen molar-refractivity contribution < 1.29 is 13.7 Å². The number of rotatable bonds is 5. The zero-order valence-corrected chi connectivity index (χ0v) is 13.8. The van der Waals surface area contributed by atoms with Crippen LogP contribution >= 0.6 is 0 Å². The highest BCUT2D eigenvalue weighted by molar-refractivity contribution is 5.92. The fraction of sp³-hybridized carbons (Fsp3) is 0.562. The molecule has 0 atom stereocenters. The van der Waals surface area contributed by atoms with Gasteiger partial charge in [-0.05, 0) is 20.3 Å². The Hall–Kier alpha value is -2.11. The number of oxazole rings is 1. The lowest BCUT2D eigenvalue weighted by Gasteiger charge is -2.12. The largest absolute Gasteiger partial charge is 0.445 e. The highest BCUT2D eigenvalue weighted by Gasteiger charge is 2.22. The maximum absolute atomic E-state index is 11.8. The van der Waals surface area contributed by atoms with E-state index < -0.39 is 0 Å². The van der Waals surface area contributed by atoms with Gasteiger partial charge >= 0.3 is 0 Å². The molecule has 0 saturated heterocycles. The van der Waals surface area contributed by atoms with Crippen molar-refractivity contribution in [3.05, 3.63) is 34.9 Å². The van der Waals surface area contributed by atoms with Crippen LogP contribution in [0.5, 0.6) is 0 Å². The van der Waals surface area contributed by atoms with E-state index in [1.807, 2.05) is 6.92 Å². The SMILES string of the molecule is Cc1cc(C(=O)NCCCc2oc(C(C)(C)C)nc2C)no1. The summed E-state index contributed by atoms with van der Waals surface area (Å²) in [7, 11) is 0. The van der Waals surface area contributed by atoms with Gasteiger partial charge in [0.1, 0.15) is 11.5 Å². The first-order valence-corrected chi connectivity index (χ1v) is 7.45. The minimum Gasteiger partial charge on any atom is -0.445 e. The third kappa shape index (κ3) is 3.96. The van der Waals surface area contributed by atoms with Crippen molar-refractivity contribution in [3.63, 3.8) is 0 Å². The summed E-state index contributed by atoms with van der Waals surface area (Å²) in [4.78, 5) is 16.3. The van der Waals surface area contributed by atoms with Gasteiger partial charge in [-0.25, -0.2) is 4.98 Å². The summed E-state index contributed by atoms with van der Waals surface area (Å²) in [6.45, 7) is 10.5. The summed E-state index contributed by atoms with van der Waals surface area (Å²) < 4.78 is 10.7. The first-order valence-electron chi connectivity index (χ1n) is 7.45. The highest BCUT2D eigenvalue weighted by atomic mass is 16.5. The number of carbonyl (C=O) groups is 1. The predicted octanol–water partition coefficient (Wildman–Crippen LogP) is 2.94. The Morgan fingerprint density at radius 2 is 2.05 bits per heavy atom. The molecule has 0 bridgehead atoms. The molecule has 22 heavy (non-hydrogen) atoms. The highest BCUT2D eigenvalue weighted by Crippen LogP contribution is 2.24. The van der Waals surface area contributed by atoms with Crippen molar-refractivity contribution in [2.45, 2.75) is 52.9 Å². The van der Waals surface area contributed by atoms with Gasteiger partial charge in [0.05, 0.1) is 5.69 Å². The fourth-order valence-corrected chi connectivity index (χ4v) is 2.00. The molecule has 0 spiro atoms. The average Bonchev–Trinajstić information content (AvgIpc) is 3.01. The van der Waals surface area contributed by atoms with Gasteiger partial charge in [-0.2, -0.15) is 0 Å². The van der Waals surface area contributed by atoms with E-state index in [1.54, 1.807) is 13.0 Å². The minimum atomic E-state index is -0.221. The molecule has 6 nitrogen and oxygen atoms in total. The van der Waals surface area contributed by atoms with Crippen LogP contribution in [-0.4, -0.2) is 22.6 Å². The lowest BCUT2D eigenvalue weighted by Crippen LogP contribution is -2.25. The molecule has 0 aromatic carbocycles. The minimum absolute atomic E-state index is 0.0952. The van der Waals surface area contributed by atoms with Crippen molar-refractivity contribution in [3.8, 4) is 0 Å². The number of hydrogen-bond donors (Lipinski definition) is 1. The number of amides is 1. The van der Waals surface area contributed by atoms with Crippen LogP contribution in [0.1, 0.15) is 60.8 Å². The molecule has 0 aliphatic carbocycles. The Bertz CT molecular complexity index is 650. The molecule has 0 saturated carbocycles. The molecule has 120 valence electrons. The van der Waals surface area contributed by atoms with Crippen LogP contribution in [0, 0.1) is 13.8 Å². The van der Waals surface area contributed by atoms with Crippen LogP contribution in [0.2, 0.25) is 0 Å². The zero-order chi connectivity index (χ0) is 16.3. The molecule has 0 fully saturated rings. The van der Waals surface area contributed by atoms with E-state index >= 15 is 0 Å². The second-order valence-corrected chi connectivity index (χ2v) is 6.46. The van der Waals surface area contributed by atoms with Crippen molar-refractivity contribution in [1.82, 2.24) is 15.5 Å². The van der Waals surface area contributed by atoms with E-state index in [0.717, 1.165) is 30.2 Å². The second kappa shape index (κ2) is 6.34. The number of nitrogens with zero attached hydrogens (tertiary/aromatic N) is 2. The smallest absolute Gasteiger partial charge is 0.273 e. The van der Waals surface area contributed by atoms with Gasteiger partial charge in [0.25, 0.3) is 5.91 Å². The van der Waals surface area contributed by atoms with Crippen molar-refractivity contribution >= 4 is 5.91 Å². The van der Waals surface area contributed by atoms with Gasteiger partial charge in [0, 0.05) is 24.4 Å². The van der Waals surface area contributed by atoms with E-state index in [2.05, 4.69) is 36.2 Å². The third-order valence-electron chi connectivity index (χ3n) is 3.26. The molecule has 0 aliphatic rings. The normalized spacial score (nSPS) is 11.7. The third-order valence-corrected chi connectivity index (χ3v) is 3.26. The van der Waals surface area contributed by atoms with Crippen molar-refractivity contribution in [1.29, 1.82) is 0 Å². The molecular weight excluding hydrogens is 282 g/mol. The quantitative estimate of drug-likeness (QED) is 0.859. The van der Waals surface area contributed by atoms with Gasteiger partial charge in [-0.3, -0.25) is 4.79 Å². The number of hydrogen-bond acceptors (Lipinski definition) is 5. The number of aryl methyl sites for hydroxylation is 3. The molecule has 1 amide bonds. The van der Waals surface area contributed by atoms with E-state index in [9.17, 15) is 4.79 Å². The number of nitrogens with one attached hydrogen (secondary N) is 1. The molecule has 6 heteroatoms. The Morgan fingerprint density at radius 1 is 1.32 bits per heavy atom. The van der Waals surface area contributed by atoms with Gasteiger partial charge in [0.2, 0.25) is 0 Å². The van der Waals surface area contributed by atoms with Gasteiger partial charge in [-0.15, -0.1) is 0 Å².